The number of carbonyl (C=O) groups is 2. The van der Waals surface area contributed by atoms with Gasteiger partial charge < -0.3 is 14.4 Å². The van der Waals surface area contributed by atoms with Gasteiger partial charge in [-0.1, -0.05) is 6.07 Å². The van der Waals surface area contributed by atoms with E-state index in [0.717, 1.165) is 16.8 Å². The largest absolute Gasteiger partial charge is 0.484 e. The summed E-state index contributed by atoms with van der Waals surface area (Å²) in [5.41, 5.74) is 3.26. The quantitative estimate of drug-likeness (QED) is 0.651. The second-order valence-corrected chi connectivity index (χ2v) is 6.33. The Morgan fingerprint density at radius 3 is 2.29 bits per heavy atom. The van der Waals surface area contributed by atoms with Crippen LogP contribution in [0, 0.1) is 25.2 Å². The highest BCUT2D eigenvalue weighted by molar-refractivity contribution is 5.94. The van der Waals surface area contributed by atoms with Gasteiger partial charge in [0.1, 0.15) is 5.75 Å². The van der Waals surface area contributed by atoms with Crippen LogP contribution in [0.5, 0.6) is 5.75 Å². The SMILES string of the molecule is CCOC(=O)c1ccc(OCC(=O)N(CCC#N)c2cc(C)cc(C)c2)cc1. The minimum atomic E-state index is -0.400. The van der Waals surface area contributed by atoms with E-state index in [4.69, 9.17) is 14.7 Å². The van der Waals surface area contributed by atoms with Gasteiger partial charge in [-0.2, -0.15) is 5.26 Å². The zero-order chi connectivity index (χ0) is 20.5. The van der Waals surface area contributed by atoms with Crippen molar-refractivity contribution in [2.75, 3.05) is 24.7 Å². The lowest BCUT2D eigenvalue weighted by Gasteiger charge is -2.23. The third kappa shape index (κ3) is 5.85. The number of aryl methyl sites for hydroxylation is 2. The van der Waals surface area contributed by atoms with Crippen molar-refractivity contribution in [3.8, 4) is 11.8 Å². The van der Waals surface area contributed by atoms with Crippen LogP contribution < -0.4 is 9.64 Å². The molecule has 6 heteroatoms. The van der Waals surface area contributed by atoms with Gasteiger partial charge in [0.25, 0.3) is 5.91 Å². The third-order valence-electron chi connectivity index (χ3n) is 3.99. The number of hydrogen-bond donors (Lipinski definition) is 0. The lowest BCUT2D eigenvalue weighted by atomic mass is 10.1. The van der Waals surface area contributed by atoms with E-state index in [-0.39, 0.29) is 18.9 Å². The Kier molecular flexibility index (Phi) is 7.58. The summed E-state index contributed by atoms with van der Waals surface area (Å²) in [5, 5.41) is 8.91. The molecule has 0 aliphatic carbocycles. The predicted molar refractivity (Wildman–Crippen MR) is 106 cm³/mol. The molecule has 0 radical (unpaired) electrons. The van der Waals surface area contributed by atoms with Crippen molar-refractivity contribution < 1.29 is 19.1 Å². The van der Waals surface area contributed by atoms with Crippen LogP contribution in [-0.2, 0) is 9.53 Å². The first kappa shape index (κ1) is 21.0. The molecular weight excluding hydrogens is 356 g/mol. The van der Waals surface area contributed by atoms with Gasteiger partial charge in [0, 0.05) is 12.2 Å². The molecule has 0 bridgehead atoms. The number of ether oxygens (including phenoxy) is 2. The zero-order valence-corrected chi connectivity index (χ0v) is 16.4. The summed E-state index contributed by atoms with van der Waals surface area (Å²) >= 11 is 0. The minimum absolute atomic E-state index is 0.169. The molecule has 1 amide bonds. The molecule has 0 heterocycles. The van der Waals surface area contributed by atoms with Crippen molar-refractivity contribution in [2.45, 2.75) is 27.2 Å². The molecule has 0 aliphatic heterocycles. The maximum atomic E-state index is 12.7. The van der Waals surface area contributed by atoms with Crippen molar-refractivity contribution in [1.82, 2.24) is 0 Å². The Balaban J connectivity index is 2.07. The Labute approximate surface area is 165 Å². The standard InChI is InChI=1S/C22H24N2O4/c1-4-27-22(26)18-6-8-20(9-7-18)28-15-21(25)24(11-5-10-23)19-13-16(2)12-17(3)14-19/h6-9,12-14H,4-5,11,15H2,1-3H3. The minimum Gasteiger partial charge on any atom is -0.484 e. The molecule has 0 fully saturated rings. The Morgan fingerprint density at radius 2 is 1.71 bits per heavy atom. The molecular formula is C22H24N2O4. The highest BCUT2D eigenvalue weighted by Gasteiger charge is 2.17. The highest BCUT2D eigenvalue weighted by atomic mass is 16.5. The fourth-order valence-electron chi connectivity index (χ4n) is 2.79. The molecule has 2 aromatic carbocycles. The van der Waals surface area contributed by atoms with Crippen LogP contribution >= 0.6 is 0 Å². The van der Waals surface area contributed by atoms with Crippen LogP contribution in [0.4, 0.5) is 5.69 Å². The second kappa shape index (κ2) is 10.1. The average molecular weight is 380 g/mol. The summed E-state index contributed by atoms with van der Waals surface area (Å²) in [7, 11) is 0. The van der Waals surface area contributed by atoms with Gasteiger partial charge in [-0.15, -0.1) is 0 Å². The number of amides is 1. The van der Waals surface area contributed by atoms with Gasteiger partial charge in [0.15, 0.2) is 6.61 Å². The van der Waals surface area contributed by atoms with Crippen molar-refractivity contribution in [2.24, 2.45) is 0 Å². The van der Waals surface area contributed by atoms with Crippen molar-refractivity contribution in [1.29, 1.82) is 5.26 Å². The Morgan fingerprint density at radius 1 is 1.07 bits per heavy atom. The summed E-state index contributed by atoms with van der Waals surface area (Å²) < 4.78 is 10.5. The monoisotopic (exact) mass is 380 g/mol. The highest BCUT2D eigenvalue weighted by Crippen LogP contribution is 2.20. The van der Waals surface area contributed by atoms with E-state index in [2.05, 4.69) is 6.07 Å². The van der Waals surface area contributed by atoms with Crippen LogP contribution in [0.25, 0.3) is 0 Å². The number of nitrogens with zero attached hydrogens (tertiary/aromatic N) is 2. The molecule has 2 aromatic rings. The normalized spacial score (nSPS) is 10.1. The molecule has 0 unspecified atom stereocenters. The lowest BCUT2D eigenvalue weighted by molar-refractivity contribution is -0.120. The summed E-state index contributed by atoms with van der Waals surface area (Å²) in [5.74, 6) is -0.167. The van der Waals surface area contributed by atoms with Gasteiger partial charge in [0.05, 0.1) is 24.7 Å². The first-order chi connectivity index (χ1) is 13.4. The second-order valence-electron chi connectivity index (χ2n) is 6.33. The fourth-order valence-corrected chi connectivity index (χ4v) is 2.79. The lowest BCUT2D eigenvalue weighted by Crippen LogP contribution is -2.35. The summed E-state index contributed by atoms with van der Waals surface area (Å²) in [6, 6.07) is 14.4. The van der Waals surface area contributed by atoms with Crippen molar-refractivity contribution in [3.05, 3.63) is 59.2 Å². The van der Waals surface area contributed by atoms with E-state index in [1.54, 1.807) is 36.1 Å². The summed E-state index contributed by atoms with van der Waals surface area (Å²) in [6.07, 6.45) is 0.229. The number of rotatable bonds is 8. The van der Waals surface area contributed by atoms with Crippen LogP contribution in [0.3, 0.4) is 0 Å². The van der Waals surface area contributed by atoms with Gasteiger partial charge in [-0.05, 0) is 68.3 Å². The molecule has 0 N–H and O–H groups in total. The number of nitriles is 1. The van der Waals surface area contributed by atoms with Crippen LogP contribution in [0.1, 0.15) is 34.8 Å². The van der Waals surface area contributed by atoms with E-state index in [9.17, 15) is 9.59 Å². The number of esters is 1. The number of anilines is 1. The van der Waals surface area contributed by atoms with E-state index >= 15 is 0 Å². The summed E-state index contributed by atoms with van der Waals surface area (Å²) in [4.78, 5) is 26.0. The topological polar surface area (TPSA) is 79.6 Å². The van der Waals surface area contributed by atoms with E-state index in [1.165, 1.54) is 0 Å². The molecule has 6 nitrogen and oxygen atoms in total. The van der Waals surface area contributed by atoms with E-state index in [0.29, 0.717) is 24.5 Å². The van der Waals surface area contributed by atoms with E-state index in [1.807, 2.05) is 32.0 Å². The molecule has 2 rings (SSSR count). The predicted octanol–water partition coefficient (Wildman–Crippen LogP) is 3.81. The molecule has 0 saturated carbocycles. The summed E-state index contributed by atoms with van der Waals surface area (Å²) in [6.45, 7) is 6.11. The molecule has 28 heavy (non-hydrogen) atoms. The van der Waals surface area contributed by atoms with Crippen LogP contribution in [-0.4, -0.2) is 31.6 Å². The van der Waals surface area contributed by atoms with Crippen LogP contribution in [0.2, 0.25) is 0 Å². The maximum absolute atomic E-state index is 12.7. The molecule has 0 atom stereocenters. The fraction of sp³-hybridized carbons (Fsp3) is 0.318. The maximum Gasteiger partial charge on any atom is 0.338 e. The smallest absolute Gasteiger partial charge is 0.338 e. The third-order valence-corrected chi connectivity index (χ3v) is 3.99. The van der Waals surface area contributed by atoms with Gasteiger partial charge >= 0.3 is 5.97 Å². The zero-order valence-electron chi connectivity index (χ0n) is 16.4. The first-order valence-corrected chi connectivity index (χ1v) is 9.10. The average Bonchev–Trinajstić information content (AvgIpc) is 2.66. The van der Waals surface area contributed by atoms with Gasteiger partial charge in [-0.25, -0.2) is 4.79 Å². The van der Waals surface area contributed by atoms with Crippen LogP contribution in [0.15, 0.2) is 42.5 Å². The molecule has 0 spiro atoms. The molecule has 0 aliphatic rings. The van der Waals surface area contributed by atoms with Gasteiger partial charge in [0.2, 0.25) is 0 Å². The first-order valence-electron chi connectivity index (χ1n) is 9.10. The van der Waals surface area contributed by atoms with Gasteiger partial charge in [-0.3, -0.25) is 4.79 Å². The van der Waals surface area contributed by atoms with Crippen molar-refractivity contribution >= 4 is 17.6 Å². The molecule has 0 saturated heterocycles. The number of benzene rings is 2. The molecule has 0 aromatic heterocycles. The Bertz CT molecular complexity index is 849. The van der Waals surface area contributed by atoms with E-state index < -0.39 is 5.97 Å². The van der Waals surface area contributed by atoms with Crippen molar-refractivity contribution in [3.63, 3.8) is 0 Å². The number of carbonyl (C=O) groups excluding carboxylic acids is 2. The Hall–Kier alpha value is -3.33. The molecule has 146 valence electrons. The number of hydrogen-bond acceptors (Lipinski definition) is 5.